The Morgan fingerprint density at radius 1 is 1.12 bits per heavy atom. The van der Waals surface area contributed by atoms with Crippen LogP contribution in [0.25, 0.3) is 0 Å². The summed E-state index contributed by atoms with van der Waals surface area (Å²) in [5.74, 6) is -3.47. The molecule has 132 valence electrons. The molecule has 0 spiro atoms. The van der Waals surface area contributed by atoms with Crippen molar-refractivity contribution in [3.05, 3.63) is 65.0 Å². The highest BCUT2D eigenvalue weighted by Gasteiger charge is 2.36. The number of carboxylic acids is 1. The highest BCUT2D eigenvalue weighted by molar-refractivity contribution is 5.99. The third-order valence-electron chi connectivity index (χ3n) is 3.09. The zero-order chi connectivity index (χ0) is 18.6. The van der Waals surface area contributed by atoms with Crippen LogP contribution in [-0.2, 0) is 17.5 Å². The number of rotatable bonds is 4. The Balaban J connectivity index is 2.19. The zero-order valence-corrected chi connectivity index (χ0v) is 12.4. The molecule has 0 saturated heterocycles. The average Bonchev–Trinajstić information content (AvgIpc) is 2.52. The number of hydrogen-bond acceptors (Lipinski definition) is 3. The quantitative estimate of drug-likeness (QED) is 0.801. The molecule has 0 atom stereocenters. The molecule has 2 N–H and O–H groups in total. The molecule has 0 aliphatic carbocycles. The smallest absolute Gasteiger partial charge is 0.419 e. The molecule has 0 aromatic heterocycles. The van der Waals surface area contributed by atoms with Gasteiger partial charge in [0.15, 0.2) is 0 Å². The number of carbonyl (C=O) groups is 2. The average molecular weight is 357 g/mol. The Labute approximate surface area is 138 Å². The van der Waals surface area contributed by atoms with E-state index in [1.807, 2.05) is 5.32 Å². The van der Waals surface area contributed by atoms with E-state index >= 15 is 0 Å². The maximum absolute atomic E-state index is 13.6. The van der Waals surface area contributed by atoms with Crippen molar-refractivity contribution >= 4 is 17.7 Å². The molecule has 0 bridgehead atoms. The van der Waals surface area contributed by atoms with Crippen LogP contribution in [-0.4, -0.2) is 17.2 Å². The maximum atomic E-state index is 13.6. The predicted octanol–water partition coefficient (Wildman–Crippen LogP) is 4.29. The topological polar surface area (TPSA) is 75.6 Å². The molecule has 2 aromatic rings. The number of carbonyl (C=O) groups excluding carboxylic acids is 1. The Hall–Kier alpha value is -3.10. The molecular formula is C16H11F4NO4. The summed E-state index contributed by atoms with van der Waals surface area (Å²) in [5.41, 5.74) is -2.66. The van der Waals surface area contributed by atoms with Gasteiger partial charge in [0.1, 0.15) is 12.4 Å². The Kier molecular flexibility index (Phi) is 5.26. The van der Waals surface area contributed by atoms with Crippen molar-refractivity contribution < 1.29 is 37.0 Å². The second-order valence-corrected chi connectivity index (χ2v) is 4.87. The Morgan fingerprint density at radius 3 is 2.32 bits per heavy atom. The van der Waals surface area contributed by atoms with Crippen molar-refractivity contribution in [1.29, 1.82) is 0 Å². The van der Waals surface area contributed by atoms with E-state index in [0.29, 0.717) is 5.56 Å². The second-order valence-electron chi connectivity index (χ2n) is 4.87. The summed E-state index contributed by atoms with van der Waals surface area (Å²) in [6.07, 6.45) is -6.20. The fourth-order valence-corrected chi connectivity index (χ4v) is 1.94. The Morgan fingerprint density at radius 2 is 1.76 bits per heavy atom. The third-order valence-corrected chi connectivity index (χ3v) is 3.09. The summed E-state index contributed by atoms with van der Waals surface area (Å²) in [6, 6.07) is 8.87. The first-order chi connectivity index (χ1) is 11.7. The summed E-state index contributed by atoms with van der Waals surface area (Å²) in [4.78, 5) is 22.8. The minimum absolute atomic E-state index is 0.116. The van der Waals surface area contributed by atoms with Crippen LogP contribution in [0.5, 0.6) is 0 Å². The van der Waals surface area contributed by atoms with Crippen molar-refractivity contribution in [1.82, 2.24) is 0 Å². The van der Waals surface area contributed by atoms with Crippen molar-refractivity contribution in [2.75, 3.05) is 5.32 Å². The number of aromatic carboxylic acids is 1. The third kappa shape index (κ3) is 4.69. The highest BCUT2D eigenvalue weighted by Crippen LogP contribution is 2.34. The molecule has 25 heavy (non-hydrogen) atoms. The van der Waals surface area contributed by atoms with E-state index in [-0.39, 0.29) is 18.7 Å². The van der Waals surface area contributed by atoms with Crippen LogP contribution in [0.2, 0.25) is 0 Å². The van der Waals surface area contributed by atoms with E-state index in [0.717, 1.165) is 0 Å². The van der Waals surface area contributed by atoms with Gasteiger partial charge < -0.3 is 9.84 Å². The maximum Gasteiger partial charge on any atom is 0.419 e. The van der Waals surface area contributed by atoms with Gasteiger partial charge in [-0.3, -0.25) is 5.32 Å². The summed E-state index contributed by atoms with van der Waals surface area (Å²) in [6.45, 7) is -0.155. The van der Waals surface area contributed by atoms with Gasteiger partial charge in [-0.25, -0.2) is 14.0 Å². The minimum Gasteiger partial charge on any atom is -0.478 e. The van der Waals surface area contributed by atoms with E-state index in [9.17, 15) is 27.2 Å². The molecule has 0 radical (unpaired) electrons. The van der Waals surface area contributed by atoms with Gasteiger partial charge in [-0.2, -0.15) is 13.2 Å². The van der Waals surface area contributed by atoms with Crippen LogP contribution in [0.15, 0.2) is 42.5 Å². The molecule has 0 aliphatic heterocycles. The first-order valence-electron chi connectivity index (χ1n) is 6.80. The van der Waals surface area contributed by atoms with Gasteiger partial charge >= 0.3 is 18.2 Å². The number of ether oxygens (including phenoxy) is 1. The molecule has 1 amide bonds. The van der Waals surface area contributed by atoms with Gasteiger partial charge in [0.2, 0.25) is 0 Å². The zero-order valence-electron chi connectivity index (χ0n) is 12.4. The first kappa shape index (κ1) is 18.2. The Bertz CT molecular complexity index is 791. The highest BCUT2D eigenvalue weighted by atomic mass is 19.4. The summed E-state index contributed by atoms with van der Waals surface area (Å²) < 4.78 is 56.4. The molecule has 0 aliphatic rings. The molecular weight excluding hydrogens is 346 g/mol. The van der Waals surface area contributed by atoms with Crippen molar-refractivity contribution in [2.24, 2.45) is 0 Å². The van der Waals surface area contributed by atoms with Gasteiger partial charge in [0.05, 0.1) is 16.8 Å². The van der Waals surface area contributed by atoms with Crippen molar-refractivity contribution in [3.63, 3.8) is 0 Å². The number of amides is 1. The lowest BCUT2D eigenvalue weighted by molar-refractivity contribution is -0.140. The molecule has 2 rings (SSSR count). The number of benzene rings is 2. The van der Waals surface area contributed by atoms with E-state index < -0.39 is 40.9 Å². The molecule has 9 heteroatoms. The van der Waals surface area contributed by atoms with Crippen LogP contribution in [0.4, 0.5) is 28.0 Å². The van der Waals surface area contributed by atoms with Crippen LogP contribution < -0.4 is 5.32 Å². The fraction of sp³-hybridized carbons (Fsp3) is 0.125. The molecule has 0 fully saturated rings. The van der Waals surface area contributed by atoms with E-state index in [2.05, 4.69) is 0 Å². The van der Waals surface area contributed by atoms with Gasteiger partial charge in [-0.1, -0.05) is 30.3 Å². The monoisotopic (exact) mass is 357 g/mol. The summed E-state index contributed by atoms with van der Waals surface area (Å²) in [5, 5.41) is 10.9. The second kappa shape index (κ2) is 7.20. The minimum atomic E-state index is -5.07. The van der Waals surface area contributed by atoms with Crippen LogP contribution in [0.1, 0.15) is 21.5 Å². The predicted molar refractivity (Wildman–Crippen MR) is 78.6 cm³/mol. The first-order valence-corrected chi connectivity index (χ1v) is 6.80. The molecule has 0 heterocycles. The van der Waals surface area contributed by atoms with Crippen LogP contribution >= 0.6 is 0 Å². The lowest BCUT2D eigenvalue weighted by Crippen LogP contribution is -2.18. The summed E-state index contributed by atoms with van der Waals surface area (Å²) >= 11 is 0. The van der Waals surface area contributed by atoms with Gasteiger partial charge in [-0.05, 0) is 17.7 Å². The van der Waals surface area contributed by atoms with Gasteiger partial charge in [0, 0.05) is 0 Å². The van der Waals surface area contributed by atoms with E-state index in [1.54, 1.807) is 30.3 Å². The molecule has 5 nitrogen and oxygen atoms in total. The van der Waals surface area contributed by atoms with Crippen LogP contribution in [0.3, 0.4) is 0 Å². The summed E-state index contributed by atoms with van der Waals surface area (Å²) in [7, 11) is 0. The normalized spacial score (nSPS) is 11.0. The fourth-order valence-electron chi connectivity index (χ4n) is 1.94. The van der Waals surface area contributed by atoms with E-state index in [4.69, 9.17) is 9.84 Å². The number of nitrogens with one attached hydrogen (secondary N) is 1. The van der Waals surface area contributed by atoms with Gasteiger partial charge in [0.25, 0.3) is 0 Å². The number of carboxylic acid groups (broad SMARTS) is 1. The SMILES string of the molecule is O=C(Nc1cc(F)c(C(F)(F)F)cc1C(=O)O)OCc1ccccc1. The van der Waals surface area contributed by atoms with Crippen molar-refractivity contribution in [3.8, 4) is 0 Å². The molecule has 2 aromatic carbocycles. The number of alkyl halides is 3. The van der Waals surface area contributed by atoms with Crippen LogP contribution in [0, 0.1) is 5.82 Å². The largest absolute Gasteiger partial charge is 0.478 e. The van der Waals surface area contributed by atoms with Crippen molar-refractivity contribution in [2.45, 2.75) is 12.8 Å². The number of hydrogen-bond donors (Lipinski definition) is 2. The number of halogens is 4. The number of anilines is 1. The molecule has 0 saturated carbocycles. The lowest BCUT2D eigenvalue weighted by Gasteiger charge is -2.13. The lowest BCUT2D eigenvalue weighted by atomic mass is 10.1. The molecule has 0 unspecified atom stereocenters. The standard InChI is InChI=1S/C16H11F4NO4/c17-12-7-13(10(14(22)23)6-11(12)16(18,19)20)21-15(24)25-8-9-4-2-1-3-5-9/h1-7H,8H2,(H,21,24)(H,22,23). The van der Waals surface area contributed by atoms with Gasteiger partial charge in [-0.15, -0.1) is 0 Å². The van der Waals surface area contributed by atoms with E-state index in [1.165, 1.54) is 0 Å².